The summed E-state index contributed by atoms with van der Waals surface area (Å²) in [4.78, 5) is 32.8. The van der Waals surface area contributed by atoms with Gasteiger partial charge in [-0.3, -0.25) is 9.88 Å². The van der Waals surface area contributed by atoms with Gasteiger partial charge < -0.3 is 20.3 Å². The number of anilines is 2. The van der Waals surface area contributed by atoms with Crippen LogP contribution in [0.1, 0.15) is 23.7 Å². The molecule has 0 aliphatic carbocycles. The zero-order valence-corrected chi connectivity index (χ0v) is 20.4. The third-order valence-corrected chi connectivity index (χ3v) is 6.04. The van der Waals surface area contributed by atoms with Crippen LogP contribution in [0, 0.1) is 12.7 Å². The molecule has 8 nitrogen and oxygen atoms in total. The first-order valence-electron chi connectivity index (χ1n) is 11.9. The van der Waals surface area contributed by atoms with Gasteiger partial charge in [0.15, 0.2) is 5.82 Å². The van der Waals surface area contributed by atoms with E-state index in [2.05, 4.69) is 20.5 Å². The van der Waals surface area contributed by atoms with Crippen molar-refractivity contribution < 1.29 is 18.7 Å². The number of nitrogens with one attached hydrogen (secondary N) is 2. The Balaban J connectivity index is 1.30. The van der Waals surface area contributed by atoms with Crippen LogP contribution in [0.3, 0.4) is 0 Å². The van der Waals surface area contributed by atoms with Crippen LogP contribution in [0.25, 0.3) is 0 Å². The largest absolute Gasteiger partial charge is 0.445 e. The molecule has 1 aromatic heterocycles. The highest BCUT2D eigenvalue weighted by molar-refractivity contribution is 5.99. The summed E-state index contributed by atoms with van der Waals surface area (Å²) >= 11 is 0. The van der Waals surface area contributed by atoms with E-state index in [-0.39, 0.29) is 24.4 Å². The molecule has 36 heavy (non-hydrogen) atoms. The maximum atomic E-state index is 15.2. The van der Waals surface area contributed by atoms with Crippen LogP contribution in [0.15, 0.2) is 66.9 Å². The monoisotopic (exact) mass is 491 g/mol. The number of amides is 3. The first kappa shape index (κ1) is 25.1. The van der Waals surface area contributed by atoms with Gasteiger partial charge in [0.25, 0.3) is 0 Å². The number of halogens is 1. The molecule has 9 heteroatoms. The lowest BCUT2D eigenvalue weighted by Crippen LogP contribution is -2.53. The number of aromatic nitrogens is 1. The van der Waals surface area contributed by atoms with E-state index in [0.29, 0.717) is 37.4 Å². The molecule has 0 spiro atoms. The number of pyridine rings is 1. The van der Waals surface area contributed by atoms with E-state index < -0.39 is 11.8 Å². The molecule has 3 aromatic rings. The Morgan fingerprint density at radius 1 is 1.06 bits per heavy atom. The van der Waals surface area contributed by atoms with Crippen molar-refractivity contribution in [3.63, 3.8) is 0 Å². The number of aryl methyl sites for hydroxylation is 1. The van der Waals surface area contributed by atoms with Gasteiger partial charge in [-0.2, -0.15) is 0 Å². The van der Waals surface area contributed by atoms with Gasteiger partial charge in [-0.25, -0.2) is 14.0 Å². The average Bonchev–Trinajstić information content (AvgIpc) is 2.87. The van der Waals surface area contributed by atoms with E-state index in [0.717, 1.165) is 11.3 Å². The Morgan fingerprint density at radius 2 is 1.86 bits per heavy atom. The molecule has 1 fully saturated rings. The lowest BCUT2D eigenvalue weighted by atomic mass is 10.1. The summed E-state index contributed by atoms with van der Waals surface area (Å²) in [6.07, 6.45) is 1.19. The summed E-state index contributed by atoms with van der Waals surface area (Å²) in [6, 6.07) is 17.4. The number of hydrogen-bond acceptors (Lipinski definition) is 5. The topological polar surface area (TPSA) is 86.8 Å². The predicted octanol–water partition coefficient (Wildman–Crippen LogP) is 5.02. The fourth-order valence-electron chi connectivity index (χ4n) is 4.12. The first-order valence-corrected chi connectivity index (χ1v) is 11.9. The van der Waals surface area contributed by atoms with Gasteiger partial charge in [0.1, 0.15) is 6.61 Å². The number of urea groups is 1. The Kier molecular flexibility index (Phi) is 8.12. The number of piperazine rings is 1. The van der Waals surface area contributed by atoms with Gasteiger partial charge in [-0.15, -0.1) is 0 Å². The Morgan fingerprint density at radius 3 is 2.58 bits per heavy atom. The molecule has 2 aromatic carbocycles. The fourth-order valence-corrected chi connectivity index (χ4v) is 4.12. The first-order chi connectivity index (χ1) is 17.4. The summed E-state index contributed by atoms with van der Waals surface area (Å²) < 4.78 is 20.6. The van der Waals surface area contributed by atoms with Gasteiger partial charge in [-0.05, 0) is 37.6 Å². The van der Waals surface area contributed by atoms with Crippen molar-refractivity contribution >= 4 is 23.5 Å². The highest BCUT2D eigenvalue weighted by Gasteiger charge is 2.29. The molecule has 1 aliphatic rings. The van der Waals surface area contributed by atoms with Crippen LogP contribution in [-0.2, 0) is 17.9 Å². The van der Waals surface area contributed by atoms with Crippen LogP contribution in [0.5, 0.6) is 0 Å². The standard InChI is InChI=1S/C27H30FN5O3/c1-19-11-12-23(15-29-19)30-26(34)31-24-10-6-9-22(25(24)28)17-32-13-14-33(20(2)16-32)27(35)36-18-21-7-4-3-5-8-21/h3-12,15,20H,13-14,16-18H2,1-2H3,(H2,30,31,34)/t20-/m1/s1. The molecule has 1 saturated heterocycles. The number of carbonyl (C=O) groups excluding carboxylic acids is 2. The maximum absolute atomic E-state index is 15.2. The van der Waals surface area contributed by atoms with Crippen LogP contribution in [0.4, 0.5) is 25.4 Å². The van der Waals surface area contributed by atoms with Crippen molar-refractivity contribution in [1.82, 2.24) is 14.8 Å². The van der Waals surface area contributed by atoms with Gasteiger partial charge >= 0.3 is 12.1 Å². The molecule has 2 N–H and O–H groups in total. The second-order valence-corrected chi connectivity index (χ2v) is 8.86. The molecule has 1 atom stereocenters. The number of carbonyl (C=O) groups is 2. The molecule has 4 rings (SSSR count). The van der Waals surface area contributed by atoms with Crippen molar-refractivity contribution in [3.05, 3.63) is 89.5 Å². The molecule has 188 valence electrons. The Labute approximate surface area is 210 Å². The lowest BCUT2D eigenvalue weighted by molar-refractivity contribution is 0.0456. The van der Waals surface area contributed by atoms with Crippen LogP contribution in [-0.4, -0.2) is 52.6 Å². The van der Waals surface area contributed by atoms with Crippen molar-refractivity contribution in [2.45, 2.75) is 33.0 Å². The summed E-state index contributed by atoms with van der Waals surface area (Å²) in [5.41, 5.74) is 2.85. The van der Waals surface area contributed by atoms with Crippen molar-refractivity contribution in [2.75, 3.05) is 30.3 Å². The van der Waals surface area contributed by atoms with E-state index >= 15 is 4.39 Å². The molecular weight excluding hydrogens is 461 g/mol. The fraction of sp³-hybridized carbons (Fsp3) is 0.296. The number of hydrogen-bond donors (Lipinski definition) is 2. The molecule has 0 unspecified atom stereocenters. The third-order valence-electron chi connectivity index (χ3n) is 6.04. The number of nitrogens with zero attached hydrogens (tertiary/aromatic N) is 3. The Hall–Kier alpha value is -3.98. The minimum Gasteiger partial charge on any atom is -0.445 e. The van der Waals surface area contributed by atoms with Gasteiger partial charge in [-0.1, -0.05) is 42.5 Å². The van der Waals surface area contributed by atoms with E-state index in [4.69, 9.17) is 4.74 Å². The van der Waals surface area contributed by atoms with Crippen molar-refractivity contribution in [1.29, 1.82) is 0 Å². The van der Waals surface area contributed by atoms with E-state index in [1.54, 1.807) is 35.4 Å². The van der Waals surface area contributed by atoms with E-state index in [9.17, 15) is 9.59 Å². The molecule has 3 amide bonds. The summed E-state index contributed by atoms with van der Waals surface area (Å²) in [6.45, 7) is 6.05. The molecule has 0 saturated carbocycles. The van der Waals surface area contributed by atoms with Crippen LogP contribution in [0.2, 0.25) is 0 Å². The molecular formula is C27H30FN5O3. The van der Waals surface area contributed by atoms with Crippen LogP contribution >= 0.6 is 0 Å². The summed E-state index contributed by atoms with van der Waals surface area (Å²) in [5.74, 6) is -0.480. The zero-order valence-electron chi connectivity index (χ0n) is 20.4. The van der Waals surface area contributed by atoms with E-state index in [1.807, 2.05) is 44.2 Å². The number of ether oxygens (including phenoxy) is 1. The normalized spacial score (nSPS) is 15.9. The molecule has 1 aliphatic heterocycles. The van der Waals surface area contributed by atoms with Gasteiger partial charge in [0.05, 0.1) is 17.6 Å². The van der Waals surface area contributed by atoms with Crippen molar-refractivity contribution in [3.8, 4) is 0 Å². The average molecular weight is 492 g/mol. The minimum atomic E-state index is -0.548. The maximum Gasteiger partial charge on any atom is 0.410 e. The molecule has 0 radical (unpaired) electrons. The van der Waals surface area contributed by atoms with E-state index in [1.165, 1.54) is 6.07 Å². The van der Waals surface area contributed by atoms with Crippen molar-refractivity contribution in [2.24, 2.45) is 0 Å². The number of rotatable bonds is 6. The third kappa shape index (κ3) is 6.57. The highest BCUT2D eigenvalue weighted by Crippen LogP contribution is 2.22. The smallest absolute Gasteiger partial charge is 0.410 e. The SMILES string of the molecule is Cc1ccc(NC(=O)Nc2cccc(CN3CCN(C(=O)OCc4ccccc4)[C@H](C)C3)c2F)cn1. The number of benzene rings is 2. The summed E-state index contributed by atoms with van der Waals surface area (Å²) in [7, 11) is 0. The predicted molar refractivity (Wildman–Crippen MR) is 136 cm³/mol. The minimum absolute atomic E-state index is 0.0831. The Bertz CT molecular complexity index is 1190. The van der Waals surface area contributed by atoms with Gasteiger partial charge in [0, 0.05) is 43.5 Å². The van der Waals surface area contributed by atoms with Gasteiger partial charge in [0.2, 0.25) is 0 Å². The molecule has 2 heterocycles. The van der Waals surface area contributed by atoms with Crippen LogP contribution < -0.4 is 10.6 Å². The lowest BCUT2D eigenvalue weighted by Gasteiger charge is -2.39. The quantitative estimate of drug-likeness (QED) is 0.506. The summed E-state index contributed by atoms with van der Waals surface area (Å²) in [5, 5.41) is 5.22. The second kappa shape index (κ2) is 11.6. The highest BCUT2D eigenvalue weighted by atomic mass is 19.1. The molecule has 0 bridgehead atoms. The second-order valence-electron chi connectivity index (χ2n) is 8.86. The zero-order chi connectivity index (χ0) is 25.5.